The van der Waals surface area contributed by atoms with Crippen molar-refractivity contribution in [3.8, 4) is 0 Å². The van der Waals surface area contributed by atoms with Gasteiger partial charge in [-0.15, -0.1) is 0 Å². The molecule has 17 nitrogen and oxygen atoms in total. The molecule has 0 aliphatic carbocycles. The minimum atomic E-state index is -0.951. The summed E-state index contributed by atoms with van der Waals surface area (Å²) in [6.07, 6.45) is 1.96. The van der Waals surface area contributed by atoms with E-state index in [0.717, 1.165) is 12.0 Å². The summed E-state index contributed by atoms with van der Waals surface area (Å²) in [7, 11) is 0. The number of carbonyl (C=O) groups is 6. The number of benzene rings is 1. The maximum atomic E-state index is 12.7. The van der Waals surface area contributed by atoms with E-state index in [-0.39, 0.29) is 49.7 Å². The minimum Gasteiger partial charge on any atom is -0.461 e. The molecule has 0 aliphatic heterocycles. The Hall–Kier alpha value is -4.32. The third-order valence-electron chi connectivity index (χ3n) is 6.81. The Labute approximate surface area is 348 Å². The number of carbonyl (C=O) groups excluding carboxylic acids is 6. The summed E-state index contributed by atoms with van der Waals surface area (Å²) in [4.78, 5) is 69.2. The molecule has 17 heteroatoms. The molecule has 6 amide bonds. The molecule has 58 heavy (non-hydrogen) atoms. The van der Waals surface area contributed by atoms with Crippen LogP contribution in [0.25, 0.3) is 0 Å². The van der Waals surface area contributed by atoms with E-state index in [0.29, 0.717) is 72.2 Å². The fraction of sp³-hybridized carbons (Fsp3) is 0.707. The number of hydrogen-bond acceptors (Lipinski definition) is 11. The molecule has 0 aliphatic rings. The van der Waals surface area contributed by atoms with Crippen molar-refractivity contribution in [1.29, 1.82) is 0 Å². The number of nitrogens with two attached hydrogens (primary N) is 2. The highest BCUT2D eigenvalue weighted by atomic mass is 16.6. The molecule has 0 spiro atoms. The van der Waals surface area contributed by atoms with Crippen LogP contribution in [0.5, 0.6) is 0 Å². The molecule has 0 bridgehead atoms. The van der Waals surface area contributed by atoms with Crippen molar-refractivity contribution in [3.05, 3.63) is 35.9 Å². The first-order valence-electron chi connectivity index (χ1n) is 20.5. The molecule has 1 aromatic rings. The van der Waals surface area contributed by atoms with Gasteiger partial charge < -0.3 is 56.4 Å². The summed E-state index contributed by atoms with van der Waals surface area (Å²) in [6, 6.07) is 7.09. The van der Waals surface area contributed by atoms with Gasteiger partial charge in [-0.25, -0.2) is 4.79 Å². The Morgan fingerprint density at radius 2 is 1.17 bits per heavy atom. The molecule has 0 aromatic heterocycles. The fourth-order valence-corrected chi connectivity index (χ4v) is 4.11. The Bertz CT molecular complexity index is 1160. The normalized spacial score (nSPS) is 10.8. The highest BCUT2D eigenvalue weighted by molar-refractivity contribution is 5.91. The number of esters is 1. The van der Waals surface area contributed by atoms with E-state index in [9.17, 15) is 28.8 Å². The molecule has 2 unspecified atom stereocenters. The first-order chi connectivity index (χ1) is 27.9. The van der Waals surface area contributed by atoms with Crippen LogP contribution in [0.2, 0.25) is 0 Å². The maximum absolute atomic E-state index is 12.7. The van der Waals surface area contributed by atoms with Gasteiger partial charge in [0.05, 0.1) is 52.9 Å². The van der Waals surface area contributed by atoms with Crippen molar-refractivity contribution in [2.24, 2.45) is 17.4 Å². The second-order valence-corrected chi connectivity index (χ2v) is 11.8. The van der Waals surface area contributed by atoms with E-state index in [4.69, 9.17) is 35.2 Å². The molecule has 0 heterocycles. The molecule has 2 atom stereocenters. The monoisotopic (exact) mass is 831 g/mol. The minimum absolute atomic E-state index is 0.0266. The smallest absolute Gasteiger partial charge is 0.312 e. The van der Waals surface area contributed by atoms with Gasteiger partial charge in [-0.2, -0.15) is 0 Å². The molecule has 0 fully saturated rings. The van der Waals surface area contributed by atoms with E-state index >= 15 is 0 Å². The van der Waals surface area contributed by atoms with Crippen LogP contribution in [0.1, 0.15) is 107 Å². The number of urea groups is 1. The van der Waals surface area contributed by atoms with Crippen LogP contribution in [-0.2, 0) is 54.3 Å². The van der Waals surface area contributed by atoms with Gasteiger partial charge in [0.2, 0.25) is 23.6 Å². The Kier molecular flexibility index (Phi) is 47.2. The van der Waals surface area contributed by atoms with E-state index in [1.54, 1.807) is 13.8 Å². The largest absolute Gasteiger partial charge is 0.461 e. The topological polar surface area (TPSA) is 249 Å². The first-order valence-corrected chi connectivity index (χ1v) is 20.5. The van der Waals surface area contributed by atoms with Gasteiger partial charge in [-0.05, 0) is 30.7 Å². The number of nitrogens with one attached hydrogen (secondary N) is 4. The van der Waals surface area contributed by atoms with Crippen LogP contribution < -0.4 is 32.7 Å². The number of rotatable bonds is 28. The summed E-state index contributed by atoms with van der Waals surface area (Å²) in [5.41, 5.74) is 11.4. The lowest BCUT2D eigenvalue weighted by molar-refractivity contribution is -0.142. The molecule has 1 rings (SSSR count). The van der Waals surface area contributed by atoms with Crippen LogP contribution in [0.4, 0.5) is 4.79 Å². The fourth-order valence-electron chi connectivity index (χ4n) is 4.11. The van der Waals surface area contributed by atoms with Crippen LogP contribution in [0.15, 0.2) is 30.3 Å². The van der Waals surface area contributed by atoms with Gasteiger partial charge in [-0.3, -0.25) is 24.0 Å². The first kappa shape index (κ1) is 60.4. The third kappa shape index (κ3) is 41.3. The van der Waals surface area contributed by atoms with Gasteiger partial charge in [0.25, 0.3) is 0 Å². The summed E-state index contributed by atoms with van der Waals surface area (Å²) >= 11 is 0. The van der Waals surface area contributed by atoms with Gasteiger partial charge in [-0.1, -0.05) is 92.6 Å². The summed E-state index contributed by atoms with van der Waals surface area (Å²) in [5.74, 6) is -2.08. The Morgan fingerprint density at radius 3 is 1.64 bits per heavy atom. The Balaban J connectivity index is -0.000000713. The SMILES string of the molecule is CC.CC.CC.CC(=O)OCc1ccccc1.CCCC(=O)NCCOCCOCCOCCOCCC(=O)NC(C(=O)NC(CCCNC(N)=O)C(N)=O)C(C)C. The lowest BCUT2D eigenvalue weighted by Crippen LogP contribution is -2.54. The second kappa shape index (κ2) is 45.4. The van der Waals surface area contributed by atoms with Crippen molar-refractivity contribution in [1.82, 2.24) is 21.3 Å². The maximum Gasteiger partial charge on any atom is 0.312 e. The second-order valence-electron chi connectivity index (χ2n) is 11.8. The van der Waals surface area contributed by atoms with Gasteiger partial charge >= 0.3 is 12.0 Å². The number of hydrogen-bond donors (Lipinski definition) is 6. The molecule has 0 saturated carbocycles. The molecule has 0 saturated heterocycles. The molecular weight excluding hydrogens is 752 g/mol. The van der Waals surface area contributed by atoms with Gasteiger partial charge in [0, 0.05) is 32.9 Å². The van der Waals surface area contributed by atoms with E-state index in [1.807, 2.05) is 78.8 Å². The van der Waals surface area contributed by atoms with E-state index in [2.05, 4.69) is 21.3 Å². The zero-order valence-corrected chi connectivity index (χ0v) is 37.1. The van der Waals surface area contributed by atoms with Crippen molar-refractivity contribution in [2.75, 3.05) is 65.9 Å². The van der Waals surface area contributed by atoms with Crippen LogP contribution >= 0.6 is 0 Å². The van der Waals surface area contributed by atoms with Gasteiger partial charge in [0.15, 0.2) is 0 Å². The zero-order chi connectivity index (χ0) is 45.0. The average molecular weight is 831 g/mol. The van der Waals surface area contributed by atoms with Crippen LogP contribution in [-0.4, -0.2) is 114 Å². The summed E-state index contributed by atoms with van der Waals surface area (Å²) in [5, 5.41) is 10.4. The van der Waals surface area contributed by atoms with Crippen molar-refractivity contribution in [2.45, 2.75) is 120 Å². The van der Waals surface area contributed by atoms with Crippen molar-refractivity contribution >= 4 is 35.6 Å². The van der Waals surface area contributed by atoms with Crippen molar-refractivity contribution < 1.29 is 52.5 Å². The highest BCUT2D eigenvalue weighted by Gasteiger charge is 2.27. The van der Waals surface area contributed by atoms with E-state index in [1.165, 1.54) is 6.92 Å². The van der Waals surface area contributed by atoms with Gasteiger partial charge in [0.1, 0.15) is 18.7 Å². The lowest BCUT2D eigenvalue weighted by Gasteiger charge is -2.24. The number of amides is 6. The highest BCUT2D eigenvalue weighted by Crippen LogP contribution is 2.05. The van der Waals surface area contributed by atoms with Crippen LogP contribution in [0.3, 0.4) is 0 Å². The molecule has 0 radical (unpaired) electrons. The molecule has 338 valence electrons. The quantitative estimate of drug-likeness (QED) is 0.0524. The number of primary amides is 2. The molecule has 8 N–H and O–H groups in total. The molecule has 1 aromatic carbocycles. The van der Waals surface area contributed by atoms with Crippen molar-refractivity contribution in [3.63, 3.8) is 0 Å². The predicted octanol–water partition coefficient (Wildman–Crippen LogP) is 3.75. The summed E-state index contributed by atoms with van der Waals surface area (Å²) in [6.45, 7) is 22.8. The average Bonchev–Trinajstić information content (AvgIpc) is 3.21. The lowest BCUT2D eigenvalue weighted by atomic mass is 10.0. The molecular formula is C41H78N6O11. The number of ether oxygens (including phenoxy) is 5. The zero-order valence-electron chi connectivity index (χ0n) is 37.1. The summed E-state index contributed by atoms with van der Waals surface area (Å²) < 4.78 is 26.4. The van der Waals surface area contributed by atoms with E-state index < -0.39 is 29.9 Å². The standard InChI is InChI=1S/C26H50N6O9.C9H10O2.3C2H6/c1-4-6-21(33)29-10-12-39-14-16-41-18-17-40-15-13-38-11-8-22(34)32-23(19(2)3)25(36)31-20(24(27)35)7-5-9-30-26(28)37;1-8(10)11-7-9-5-3-2-4-6-9;3*1-2/h19-20,23H,4-18H2,1-3H3,(H2,27,35)(H,29,33)(H,31,36)(H,32,34)(H3,28,30,37);2-6H,7H2,1H3;3*1-2H3. The van der Waals surface area contributed by atoms with Crippen LogP contribution in [0, 0.1) is 5.92 Å². The third-order valence-corrected chi connectivity index (χ3v) is 6.81. The predicted molar refractivity (Wildman–Crippen MR) is 226 cm³/mol. The Morgan fingerprint density at radius 1 is 0.655 bits per heavy atom.